The zero-order valence-corrected chi connectivity index (χ0v) is 10.2. The van der Waals surface area contributed by atoms with Crippen LogP contribution in [0.3, 0.4) is 0 Å². The molecule has 0 saturated heterocycles. The number of rotatable bonds is 1. The van der Waals surface area contributed by atoms with E-state index in [0.717, 1.165) is 12.1 Å². The van der Waals surface area contributed by atoms with Crippen molar-refractivity contribution in [1.29, 1.82) is 0 Å². The third-order valence-electron chi connectivity index (χ3n) is 2.63. The Bertz CT molecular complexity index is 715. The molecule has 0 aliphatic carbocycles. The van der Waals surface area contributed by atoms with Gasteiger partial charge in [0, 0.05) is 6.54 Å². The van der Waals surface area contributed by atoms with Gasteiger partial charge >= 0.3 is 6.18 Å². The Balaban J connectivity index is 2.85. The third kappa shape index (κ3) is 2.05. The molecule has 2 rings (SSSR count). The number of hydrogen-bond acceptors (Lipinski definition) is 2. The van der Waals surface area contributed by atoms with Crippen LogP contribution in [0.5, 0.6) is 0 Å². The molecule has 2 aromatic rings. The van der Waals surface area contributed by atoms with Crippen LogP contribution < -0.4 is 5.56 Å². The van der Waals surface area contributed by atoms with E-state index in [0.29, 0.717) is 12.1 Å². The minimum absolute atomic E-state index is 0.0136. The first-order valence-corrected chi connectivity index (χ1v) is 5.59. The molecule has 3 nitrogen and oxygen atoms in total. The van der Waals surface area contributed by atoms with Crippen LogP contribution in [-0.4, -0.2) is 9.55 Å². The van der Waals surface area contributed by atoms with Gasteiger partial charge in [-0.25, -0.2) is 0 Å². The van der Waals surface area contributed by atoms with Gasteiger partial charge in [-0.3, -0.25) is 9.36 Å². The maximum Gasteiger partial charge on any atom is 0.416 e. The predicted molar refractivity (Wildman–Crippen MR) is 64.1 cm³/mol. The highest BCUT2D eigenvalue weighted by Gasteiger charge is 2.30. The summed E-state index contributed by atoms with van der Waals surface area (Å²) in [6.45, 7) is 2.00. The van der Waals surface area contributed by atoms with Gasteiger partial charge in [0.05, 0.1) is 16.5 Å². The average Bonchev–Trinajstić information content (AvgIpc) is 2.27. The monoisotopic (exact) mass is 274 g/mol. The molecule has 0 fully saturated rings. The predicted octanol–water partition coefficient (Wildman–Crippen LogP) is 3.10. The summed E-state index contributed by atoms with van der Waals surface area (Å²) in [5.74, 6) is 0. The van der Waals surface area contributed by atoms with Crippen molar-refractivity contribution < 1.29 is 13.2 Å². The van der Waals surface area contributed by atoms with E-state index in [-0.39, 0.29) is 10.2 Å². The second kappa shape index (κ2) is 4.24. The van der Waals surface area contributed by atoms with Crippen LogP contribution in [0.1, 0.15) is 12.5 Å². The average molecular weight is 274 g/mol. The minimum Gasteiger partial charge on any atom is -0.332 e. The first-order valence-electron chi connectivity index (χ1n) is 5.18. The molecule has 7 heteroatoms. The molecule has 1 N–H and O–H groups in total. The Kier molecular flexibility index (Phi) is 3.02. The number of fused-ring (bicyclic) bond motifs is 1. The Morgan fingerprint density at radius 1 is 1.39 bits per heavy atom. The summed E-state index contributed by atoms with van der Waals surface area (Å²) in [7, 11) is 0. The number of alkyl halides is 3. The van der Waals surface area contributed by atoms with E-state index in [4.69, 9.17) is 12.2 Å². The lowest BCUT2D eigenvalue weighted by atomic mass is 10.1. The summed E-state index contributed by atoms with van der Waals surface area (Å²) in [5, 5.41) is -0.0136. The van der Waals surface area contributed by atoms with Crippen molar-refractivity contribution in [2.45, 2.75) is 19.6 Å². The van der Waals surface area contributed by atoms with Crippen molar-refractivity contribution in [3.8, 4) is 0 Å². The molecular formula is C11H9F3N2OS. The number of H-pyrrole nitrogens is 1. The van der Waals surface area contributed by atoms with E-state index in [2.05, 4.69) is 4.98 Å². The smallest absolute Gasteiger partial charge is 0.332 e. The van der Waals surface area contributed by atoms with Crippen molar-refractivity contribution in [1.82, 2.24) is 9.55 Å². The fourth-order valence-corrected chi connectivity index (χ4v) is 2.04. The Hall–Kier alpha value is -1.63. The van der Waals surface area contributed by atoms with Crippen LogP contribution in [0, 0.1) is 4.77 Å². The molecule has 0 amide bonds. The third-order valence-corrected chi connectivity index (χ3v) is 2.95. The minimum atomic E-state index is -4.47. The maximum atomic E-state index is 12.6. The summed E-state index contributed by atoms with van der Waals surface area (Å²) < 4.78 is 39.1. The zero-order valence-electron chi connectivity index (χ0n) is 9.34. The van der Waals surface area contributed by atoms with Crippen LogP contribution in [0.15, 0.2) is 23.0 Å². The summed E-state index contributed by atoms with van der Waals surface area (Å²) in [6, 6.07) is 2.98. The van der Waals surface area contributed by atoms with Crippen molar-refractivity contribution in [3.05, 3.63) is 38.9 Å². The van der Waals surface area contributed by atoms with Crippen molar-refractivity contribution >= 4 is 23.1 Å². The number of benzene rings is 1. The van der Waals surface area contributed by atoms with Crippen LogP contribution in [0.4, 0.5) is 13.2 Å². The fourth-order valence-electron chi connectivity index (χ4n) is 1.71. The highest BCUT2D eigenvalue weighted by molar-refractivity contribution is 7.71. The molecule has 0 saturated carbocycles. The Morgan fingerprint density at radius 3 is 2.61 bits per heavy atom. The van der Waals surface area contributed by atoms with Gasteiger partial charge in [-0.15, -0.1) is 0 Å². The highest BCUT2D eigenvalue weighted by Crippen LogP contribution is 2.30. The molecule has 0 radical (unpaired) electrons. The number of hydrogen-bond donors (Lipinski definition) is 1. The van der Waals surface area contributed by atoms with Crippen molar-refractivity contribution in [2.24, 2.45) is 0 Å². The van der Waals surface area contributed by atoms with Crippen molar-refractivity contribution in [3.63, 3.8) is 0 Å². The number of nitrogens with zero attached hydrogens (tertiary/aromatic N) is 1. The molecule has 1 aromatic carbocycles. The van der Waals surface area contributed by atoms with Crippen LogP contribution in [0.2, 0.25) is 0 Å². The van der Waals surface area contributed by atoms with Crippen molar-refractivity contribution in [2.75, 3.05) is 0 Å². The lowest BCUT2D eigenvalue weighted by molar-refractivity contribution is -0.137. The summed E-state index contributed by atoms with van der Waals surface area (Å²) in [4.78, 5) is 14.7. The molecule has 18 heavy (non-hydrogen) atoms. The van der Waals surface area contributed by atoms with E-state index in [1.54, 1.807) is 6.92 Å². The topological polar surface area (TPSA) is 37.8 Å². The molecule has 0 aliphatic rings. The van der Waals surface area contributed by atoms with E-state index >= 15 is 0 Å². The molecule has 0 atom stereocenters. The van der Waals surface area contributed by atoms with Crippen LogP contribution in [-0.2, 0) is 12.7 Å². The summed E-state index contributed by atoms with van der Waals surface area (Å²) in [6.07, 6.45) is -4.47. The summed E-state index contributed by atoms with van der Waals surface area (Å²) in [5.41, 5.74) is -1.05. The molecule has 0 unspecified atom stereocenters. The van der Waals surface area contributed by atoms with E-state index < -0.39 is 17.3 Å². The highest BCUT2D eigenvalue weighted by atomic mass is 32.1. The lowest BCUT2D eigenvalue weighted by Crippen LogP contribution is -2.21. The second-order valence-corrected chi connectivity index (χ2v) is 4.12. The number of nitrogens with one attached hydrogen (secondary N) is 1. The fraction of sp³-hybridized carbons (Fsp3) is 0.273. The van der Waals surface area contributed by atoms with Crippen LogP contribution >= 0.6 is 12.2 Å². The SMILES string of the molecule is CCn1c(=S)[nH]c2ccc(C(F)(F)F)cc2c1=O. The van der Waals surface area contributed by atoms with Gasteiger partial charge in [-0.1, -0.05) is 0 Å². The molecule has 0 aliphatic heterocycles. The van der Waals surface area contributed by atoms with E-state index in [9.17, 15) is 18.0 Å². The first kappa shape index (κ1) is 12.8. The van der Waals surface area contributed by atoms with E-state index in [1.807, 2.05) is 0 Å². The molecule has 1 heterocycles. The second-order valence-electron chi connectivity index (χ2n) is 3.74. The number of aromatic amines is 1. The van der Waals surface area contributed by atoms with Gasteiger partial charge in [0.1, 0.15) is 0 Å². The molecule has 96 valence electrons. The molecule has 0 bridgehead atoms. The molecule has 1 aromatic heterocycles. The van der Waals surface area contributed by atoms with Gasteiger partial charge in [0.15, 0.2) is 4.77 Å². The molecular weight excluding hydrogens is 265 g/mol. The first-order chi connectivity index (χ1) is 8.34. The van der Waals surface area contributed by atoms with Crippen LogP contribution in [0.25, 0.3) is 10.9 Å². The largest absolute Gasteiger partial charge is 0.416 e. The van der Waals surface area contributed by atoms with Gasteiger partial charge in [0.25, 0.3) is 5.56 Å². The van der Waals surface area contributed by atoms with Gasteiger partial charge in [0.2, 0.25) is 0 Å². The standard InChI is InChI=1S/C11H9F3N2OS/c1-2-16-9(17)7-5-6(11(12,13)14)3-4-8(7)15-10(16)18/h3-5H,2H2,1H3,(H,15,18). The van der Waals surface area contributed by atoms with Gasteiger partial charge < -0.3 is 4.98 Å². The summed E-state index contributed by atoms with van der Waals surface area (Å²) >= 11 is 4.96. The number of aromatic nitrogens is 2. The van der Waals surface area contributed by atoms with E-state index in [1.165, 1.54) is 10.6 Å². The normalized spacial score (nSPS) is 12.0. The molecule has 0 spiro atoms. The zero-order chi connectivity index (χ0) is 13.5. The van der Waals surface area contributed by atoms with Gasteiger partial charge in [-0.2, -0.15) is 13.2 Å². The Labute approximate surface area is 105 Å². The quantitative estimate of drug-likeness (QED) is 0.811. The lowest BCUT2D eigenvalue weighted by Gasteiger charge is -2.09. The maximum absolute atomic E-state index is 12.6. The Morgan fingerprint density at radius 2 is 2.06 bits per heavy atom. The van der Waals surface area contributed by atoms with Gasteiger partial charge in [-0.05, 0) is 37.3 Å². The number of halogens is 3.